The van der Waals surface area contributed by atoms with Crippen molar-refractivity contribution in [3.63, 3.8) is 0 Å². The highest BCUT2D eigenvalue weighted by atomic mass is 16.1. The average Bonchev–Trinajstić information content (AvgIpc) is 2.74. The molecule has 0 amide bonds. The number of aryl methyl sites for hydroxylation is 2. The largest absolute Gasteiger partial charge is 0.356 e. The van der Waals surface area contributed by atoms with Gasteiger partial charge < -0.3 is 4.90 Å². The summed E-state index contributed by atoms with van der Waals surface area (Å²) in [5, 5.41) is 5.68. The number of fused-ring (bicyclic) bond motifs is 2. The van der Waals surface area contributed by atoms with Crippen molar-refractivity contribution < 1.29 is 0 Å². The van der Waals surface area contributed by atoms with Crippen molar-refractivity contribution in [1.82, 2.24) is 24.7 Å². The first-order valence-electron chi connectivity index (χ1n) is 10.2. The van der Waals surface area contributed by atoms with E-state index >= 15 is 0 Å². The first-order chi connectivity index (χ1) is 13.8. The van der Waals surface area contributed by atoms with Crippen LogP contribution in [0.3, 0.4) is 0 Å². The van der Waals surface area contributed by atoms with Gasteiger partial charge in [0.1, 0.15) is 12.1 Å². The van der Waals surface area contributed by atoms with Crippen LogP contribution < -0.4 is 10.5 Å². The molecule has 1 saturated heterocycles. The zero-order chi connectivity index (χ0) is 18.9. The quantitative estimate of drug-likeness (QED) is 0.698. The van der Waals surface area contributed by atoms with E-state index in [1.165, 1.54) is 12.8 Å². The molecular weight excluding hydrogens is 352 g/mol. The van der Waals surface area contributed by atoms with Crippen LogP contribution in [0.25, 0.3) is 11.0 Å². The fraction of sp³-hybridized carbons (Fsp3) is 0.476. The van der Waals surface area contributed by atoms with Crippen LogP contribution in [0.5, 0.6) is 0 Å². The van der Waals surface area contributed by atoms with Crippen LogP contribution in [0.1, 0.15) is 36.9 Å². The number of rotatable bonds is 3. The van der Waals surface area contributed by atoms with E-state index < -0.39 is 0 Å². The summed E-state index contributed by atoms with van der Waals surface area (Å²) in [4.78, 5) is 27.9. The first kappa shape index (κ1) is 17.3. The number of hydrogen-bond donors (Lipinski definition) is 0. The van der Waals surface area contributed by atoms with E-state index in [1.807, 2.05) is 18.2 Å². The third kappa shape index (κ3) is 3.25. The van der Waals surface area contributed by atoms with Gasteiger partial charge in [0, 0.05) is 31.9 Å². The lowest BCUT2D eigenvalue weighted by Crippen LogP contribution is -2.37. The van der Waals surface area contributed by atoms with Gasteiger partial charge in [-0.2, -0.15) is 5.10 Å². The normalized spacial score (nSPS) is 17.6. The summed E-state index contributed by atoms with van der Waals surface area (Å²) in [5.74, 6) is 1.43. The monoisotopic (exact) mass is 376 g/mol. The van der Waals surface area contributed by atoms with Crippen LogP contribution in [0.15, 0.2) is 35.5 Å². The molecule has 7 nitrogen and oxygen atoms in total. The Kier molecular flexibility index (Phi) is 4.50. The second-order valence-corrected chi connectivity index (χ2v) is 7.85. The fourth-order valence-electron chi connectivity index (χ4n) is 4.44. The maximum atomic E-state index is 12.5. The summed E-state index contributed by atoms with van der Waals surface area (Å²) in [6.45, 7) is 2.56. The van der Waals surface area contributed by atoms with Gasteiger partial charge in [-0.25, -0.2) is 19.6 Å². The summed E-state index contributed by atoms with van der Waals surface area (Å²) < 4.78 is 1.70. The summed E-state index contributed by atoms with van der Waals surface area (Å²) in [5.41, 5.74) is 3.07. The Hall–Kier alpha value is -2.83. The molecule has 28 heavy (non-hydrogen) atoms. The van der Waals surface area contributed by atoms with Gasteiger partial charge in [0.25, 0.3) is 5.56 Å². The first-order valence-corrected chi connectivity index (χ1v) is 10.2. The predicted molar refractivity (Wildman–Crippen MR) is 107 cm³/mol. The molecular formula is C21H24N6O. The second-order valence-electron chi connectivity index (χ2n) is 7.85. The van der Waals surface area contributed by atoms with Crippen molar-refractivity contribution in [3.8, 4) is 0 Å². The zero-order valence-electron chi connectivity index (χ0n) is 15.9. The van der Waals surface area contributed by atoms with Crippen LogP contribution in [0, 0.1) is 5.92 Å². The number of anilines is 1. The van der Waals surface area contributed by atoms with E-state index in [4.69, 9.17) is 0 Å². The number of aromatic nitrogens is 5. The summed E-state index contributed by atoms with van der Waals surface area (Å²) in [7, 11) is 0. The second kappa shape index (κ2) is 7.30. The maximum absolute atomic E-state index is 12.5. The molecule has 0 bridgehead atoms. The Morgan fingerprint density at radius 1 is 1.07 bits per heavy atom. The Bertz CT molecular complexity index is 1050. The predicted octanol–water partition coefficient (Wildman–Crippen LogP) is 2.38. The highest BCUT2D eigenvalue weighted by Gasteiger charge is 2.23. The summed E-state index contributed by atoms with van der Waals surface area (Å²) in [6.07, 6.45) is 9.75. The summed E-state index contributed by atoms with van der Waals surface area (Å²) in [6, 6.07) is 5.77. The molecule has 144 valence electrons. The minimum absolute atomic E-state index is 0.0518. The lowest BCUT2D eigenvalue weighted by molar-refractivity contribution is 0.331. The van der Waals surface area contributed by atoms with Gasteiger partial charge in [-0.15, -0.1) is 0 Å². The molecule has 1 aliphatic heterocycles. The SMILES string of the molecule is O=c1cc2c(nn1CC1CCN(c3ncnc4ncccc34)CC1)CCCC2. The average molecular weight is 376 g/mol. The van der Waals surface area contributed by atoms with Crippen molar-refractivity contribution in [1.29, 1.82) is 0 Å². The Morgan fingerprint density at radius 3 is 2.82 bits per heavy atom. The minimum atomic E-state index is 0.0518. The van der Waals surface area contributed by atoms with Crippen molar-refractivity contribution >= 4 is 16.9 Å². The van der Waals surface area contributed by atoms with Crippen LogP contribution in [0.2, 0.25) is 0 Å². The van der Waals surface area contributed by atoms with Crippen LogP contribution in [-0.4, -0.2) is 37.8 Å². The van der Waals surface area contributed by atoms with Gasteiger partial charge in [-0.05, 0) is 62.1 Å². The van der Waals surface area contributed by atoms with Gasteiger partial charge >= 0.3 is 0 Å². The lowest BCUT2D eigenvalue weighted by atomic mass is 9.95. The molecule has 1 aliphatic carbocycles. The van der Waals surface area contributed by atoms with Gasteiger partial charge in [0.05, 0.1) is 11.1 Å². The van der Waals surface area contributed by atoms with Gasteiger partial charge in [0.15, 0.2) is 5.65 Å². The Labute approximate surface area is 163 Å². The molecule has 3 aromatic rings. The van der Waals surface area contributed by atoms with Crippen LogP contribution in [-0.2, 0) is 19.4 Å². The van der Waals surface area contributed by atoms with E-state index in [9.17, 15) is 4.79 Å². The third-order valence-corrected chi connectivity index (χ3v) is 6.01. The number of nitrogens with zero attached hydrogens (tertiary/aromatic N) is 6. The standard InChI is InChI=1S/C21H24N6O/c28-19-12-16-4-1-2-6-18(16)25-27(19)13-15-7-10-26(11-8-15)21-17-5-3-9-22-20(17)23-14-24-21/h3,5,9,12,14-15H,1-2,4,6-8,10-11,13H2. The molecule has 3 aromatic heterocycles. The van der Waals surface area contributed by atoms with Crippen LogP contribution >= 0.6 is 0 Å². The zero-order valence-corrected chi connectivity index (χ0v) is 15.9. The Morgan fingerprint density at radius 2 is 1.93 bits per heavy atom. The van der Waals surface area contributed by atoms with E-state index in [0.717, 1.165) is 66.9 Å². The van der Waals surface area contributed by atoms with Crippen molar-refractivity contribution in [3.05, 3.63) is 52.3 Å². The molecule has 0 aromatic carbocycles. The number of piperidine rings is 1. The Balaban J connectivity index is 1.29. The van der Waals surface area contributed by atoms with E-state index in [-0.39, 0.29) is 5.56 Å². The molecule has 5 rings (SSSR count). The topological polar surface area (TPSA) is 76.8 Å². The van der Waals surface area contributed by atoms with Crippen molar-refractivity contribution in [2.24, 2.45) is 5.92 Å². The molecule has 0 N–H and O–H groups in total. The number of pyridine rings is 1. The van der Waals surface area contributed by atoms with E-state index in [1.54, 1.807) is 17.2 Å². The summed E-state index contributed by atoms with van der Waals surface area (Å²) >= 11 is 0. The van der Waals surface area contributed by atoms with Crippen molar-refractivity contribution in [2.75, 3.05) is 18.0 Å². The fourth-order valence-corrected chi connectivity index (χ4v) is 4.44. The molecule has 0 saturated carbocycles. The van der Waals surface area contributed by atoms with Gasteiger partial charge in [-0.1, -0.05) is 0 Å². The molecule has 0 radical (unpaired) electrons. The molecule has 0 spiro atoms. The molecule has 0 unspecified atom stereocenters. The molecule has 2 aliphatic rings. The van der Waals surface area contributed by atoms with Gasteiger partial charge in [0.2, 0.25) is 0 Å². The molecule has 1 fully saturated rings. The van der Waals surface area contributed by atoms with Crippen LogP contribution in [0.4, 0.5) is 5.82 Å². The lowest BCUT2D eigenvalue weighted by Gasteiger charge is -2.33. The van der Waals surface area contributed by atoms with Crippen molar-refractivity contribution in [2.45, 2.75) is 45.1 Å². The smallest absolute Gasteiger partial charge is 0.267 e. The highest BCUT2D eigenvalue weighted by Crippen LogP contribution is 2.27. The van der Waals surface area contributed by atoms with E-state index in [2.05, 4.69) is 25.0 Å². The maximum Gasteiger partial charge on any atom is 0.267 e. The minimum Gasteiger partial charge on any atom is -0.356 e. The molecule has 0 atom stereocenters. The third-order valence-electron chi connectivity index (χ3n) is 6.01. The van der Waals surface area contributed by atoms with E-state index in [0.29, 0.717) is 12.5 Å². The molecule has 7 heteroatoms. The molecule has 4 heterocycles. The highest BCUT2D eigenvalue weighted by molar-refractivity contribution is 5.86. The number of hydrogen-bond acceptors (Lipinski definition) is 6. The van der Waals surface area contributed by atoms with Gasteiger partial charge in [-0.3, -0.25) is 4.79 Å².